The molecule has 2 N–H and O–H groups in total. The Hall–Kier alpha value is -2.36. The molecule has 4 nitrogen and oxygen atoms in total. The molecule has 0 radical (unpaired) electrons. The number of aromatic hydroxyl groups is 1. The van der Waals surface area contributed by atoms with Crippen LogP contribution in [-0.4, -0.2) is 17.2 Å². The summed E-state index contributed by atoms with van der Waals surface area (Å²) in [5.41, 5.74) is 2.73. The highest BCUT2D eigenvalue weighted by Gasteiger charge is 2.11. The summed E-state index contributed by atoms with van der Waals surface area (Å²) in [6.45, 7) is 2.21. The van der Waals surface area contributed by atoms with Gasteiger partial charge in [-0.15, -0.1) is 0 Å². The van der Waals surface area contributed by atoms with Crippen LogP contribution in [0, 0.1) is 0 Å². The minimum atomic E-state index is -0.391. The van der Waals surface area contributed by atoms with E-state index in [1.807, 2.05) is 24.3 Å². The molecule has 2 aromatic rings. The maximum absolute atomic E-state index is 12.1. The number of phenolic OH excluding ortho intramolecular Hbond substituents is 1. The lowest BCUT2D eigenvalue weighted by Crippen LogP contribution is -2.17. The maximum Gasteiger partial charge on any atom is 0.275 e. The standard InChI is InChI=1S/C20H26N2O2/c1-2-3-4-5-6-7-10-13-21-22-20(24)18-14-16-11-8-9-12-17(16)15-19(18)23/h8-9,11-15,23H,2-7,10H2,1H3,(H,22,24). The molecule has 0 saturated carbocycles. The summed E-state index contributed by atoms with van der Waals surface area (Å²) in [6.07, 6.45) is 10.0. The Labute approximate surface area is 143 Å². The highest BCUT2D eigenvalue weighted by molar-refractivity contribution is 6.01. The third-order valence-electron chi connectivity index (χ3n) is 4.05. The molecule has 0 saturated heterocycles. The zero-order valence-electron chi connectivity index (χ0n) is 14.3. The molecule has 128 valence electrons. The number of benzene rings is 2. The third-order valence-corrected chi connectivity index (χ3v) is 4.05. The molecule has 0 fully saturated rings. The number of nitrogens with zero attached hydrogens (tertiary/aromatic N) is 1. The number of amides is 1. The Morgan fingerprint density at radius 2 is 1.75 bits per heavy atom. The van der Waals surface area contributed by atoms with E-state index in [0.29, 0.717) is 0 Å². The smallest absolute Gasteiger partial charge is 0.275 e. The highest BCUT2D eigenvalue weighted by atomic mass is 16.3. The first-order valence-corrected chi connectivity index (χ1v) is 8.76. The largest absolute Gasteiger partial charge is 0.507 e. The minimum Gasteiger partial charge on any atom is -0.507 e. The van der Waals surface area contributed by atoms with Gasteiger partial charge >= 0.3 is 0 Å². The van der Waals surface area contributed by atoms with Gasteiger partial charge in [-0.25, -0.2) is 5.43 Å². The monoisotopic (exact) mass is 326 g/mol. The predicted octanol–water partition coefficient (Wildman–Crippen LogP) is 5.01. The van der Waals surface area contributed by atoms with Gasteiger partial charge in [-0.2, -0.15) is 5.10 Å². The Morgan fingerprint density at radius 3 is 2.50 bits per heavy atom. The van der Waals surface area contributed by atoms with Gasteiger partial charge in [-0.3, -0.25) is 4.79 Å². The fraction of sp³-hybridized carbons (Fsp3) is 0.400. The summed E-state index contributed by atoms with van der Waals surface area (Å²) >= 11 is 0. The number of fused-ring (bicyclic) bond motifs is 1. The van der Waals surface area contributed by atoms with Crippen molar-refractivity contribution in [2.45, 2.75) is 51.9 Å². The zero-order valence-corrected chi connectivity index (χ0v) is 14.3. The van der Waals surface area contributed by atoms with Gasteiger partial charge in [-0.1, -0.05) is 63.3 Å². The molecule has 0 bridgehead atoms. The van der Waals surface area contributed by atoms with Crippen LogP contribution in [0.5, 0.6) is 5.75 Å². The van der Waals surface area contributed by atoms with Gasteiger partial charge in [0.15, 0.2) is 0 Å². The van der Waals surface area contributed by atoms with Crippen LogP contribution in [0.2, 0.25) is 0 Å². The molecular formula is C20H26N2O2. The molecule has 2 rings (SSSR count). The number of hydrogen-bond donors (Lipinski definition) is 2. The van der Waals surface area contributed by atoms with Crippen LogP contribution in [0.15, 0.2) is 41.5 Å². The van der Waals surface area contributed by atoms with Crippen molar-refractivity contribution in [1.82, 2.24) is 5.43 Å². The van der Waals surface area contributed by atoms with Crippen molar-refractivity contribution >= 4 is 22.9 Å². The number of rotatable bonds is 9. The van der Waals surface area contributed by atoms with Crippen molar-refractivity contribution in [3.63, 3.8) is 0 Å². The lowest BCUT2D eigenvalue weighted by Gasteiger charge is -2.05. The van der Waals surface area contributed by atoms with Crippen LogP contribution >= 0.6 is 0 Å². The third kappa shape index (κ3) is 5.37. The molecular weight excluding hydrogens is 300 g/mol. The number of phenols is 1. The predicted molar refractivity (Wildman–Crippen MR) is 99.6 cm³/mol. The van der Waals surface area contributed by atoms with E-state index in [1.165, 1.54) is 32.1 Å². The first kappa shape index (κ1) is 18.0. The second-order valence-corrected chi connectivity index (χ2v) is 6.03. The Bertz CT molecular complexity index is 695. The van der Waals surface area contributed by atoms with Gasteiger partial charge in [0, 0.05) is 6.21 Å². The van der Waals surface area contributed by atoms with Crippen molar-refractivity contribution in [3.8, 4) is 5.75 Å². The zero-order chi connectivity index (χ0) is 17.2. The molecule has 2 aromatic carbocycles. The highest BCUT2D eigenvalue weighted by Crippen LogP contribution is 2.24. The van der Waals surface area contributed by atoms with Crippen LogP contribution in [0.1, 0.15) is 62.2 Å². The summed E-state index contributed by atoms with van der Waals surface area (Å²) < 4.78 is 0. The second-order valence-electron chi connectivity index (χ2n) is 6.03. The molecule has 0 spiro atoms. The normalized spacial score (nSPS) is 11.2. The molecule has 0 aromatic heterocycles. The molecule has 0 aliphatic carbocycles. The molecule has 0 unspecified atom stereocenters. The summed E-state index contributed by atoms with van der Waals surface area (Å²) in [6, 6.07) is 10.9. The van der Waals surface area contributed by atoms with Crippen LogP contribution in [-0.2, 0) is 0 Å². The van der Waals surface area contributed by atoms with Crippen molar-refractivity contribution < 1.29 is 9.90 Å². The molecule has 0 aliphatic rings. The lowest BCUT2D eigenvalue weighted by atomic mass is 10.1. The summed E-state index contributed by atoms with van der Waals surface area (Å²) in [4.78, 5) is 12.1. The van der Waals surface area contributed by atoms with Crippen molar-refractivity contribution in [1.29, 1.82) is 0 Å². The molecule has 24 heavy (non-hydrogen) atoms. The number of nitrogens with one attached hydrogen (secondary N) is 1. The Morgan fingerprint density at radius 1 is 1.08 bits per heavy atom. The van der Waals surface area contributed by atoms with E-state index < -0.39 is 5.91 Å². The molecule has 4 heteroatoms. The van der Waals surface area contributed by atoms with Crippen LogP contribution < -0.4 is 5.43 Å². The van der Waals surface area contributed by atoms with Crippen LogP contribution in [0.4, 0.5) is 0 Å². The Balaban J connectivity index is 1.80. The van der Waals surface area contributed by atoms with E-state index in [9.17, 15) is 9.90 Å². The average Bonchev–Trinajstić information content (AvgIpc) is 2.59. The summed E-state index contributed by atoms with van der Waals surface area (Å²) in [5, 5.41) is 15.8. The fourth-order valence-corrected chi connectivity index (χ4v) is 2.66. The van der Waals surface area contributed by atoms with Gasteiger partial charge in [-0.05, 0) is 35.7 Å². The molecule has 1 amide bonds. The van der Waals surface area contributed by atoms with Gasteiger partial charge < -0.3 is 5.11 Å². The number of hydrazone groups is 1. The van der Waals surface area contributed by atoms with Gasteiger partial charge in [0.2, 0.25) is 0 Å². The van der Waals surface area contributed by atoms with Crippen LogP contribution in [0.3, 0.4) is 0 Å². The van der Waals surface area contributed by atoms with Gasteiger partial charge in [0.05, 0.1) is 5.56 Å². The number of carbonyl (C=O) groups excluding carboxylic acids is 1. The van der Waals surface area contributed by atoms with Gasteiger partial charge in [0.25, 0.3) is 5.91 Å². The number of unbranched alkanes of at least 4 members (excludes halogenated alkanes) is 6. The summed E-state index contributed by atoms with van der Waals surface area (Å²) in [7, 11) is 0. The SMILES string of the molecule is CCCCCCCCC=NNC(=O)c1cc2ccccc2cc1O. The van der Waals surface area contributed by atoms with Crippen molar-refractivity contribution in [2.24, 2.45) is 5.10 Å². The van der Waals surface area contributed by atoms with E-state index in [-0.39, 0.29) is 11.3 Å². The molecule has 0 heterocycles. The second kappa shape index (κ2) is 9.71. The summed E-state index contributed by atoms with van der Waals surface area (Å²) in [5.74, 6) is -0.422. The van der Waals surface area contributed by atoms with E-state index in [2.05, 4.69) is 17.5 Å². The number of carbonyl (C=O) groups is 1. The lowest BCUT2D eigenvalue weighted by molar-refractivity contribution is 0.0952. The number of hydrogen-bond acceptors (Lipinski definition) is 3. The topological polar surface area (TPSA) is 61.7 Å². The molecule has 0 aliphatic heterocycles. The van der Waals surface area contributed by atoms with Gasteiger partial charge in [0.1, 0.15) is 5.75 Å². The maximum atomic E-state index is 12.1. The van der Waals surface area contributed by atoms with E-state index in [4.69, 9.17) is 0 Å². The quantitative estimate of drug-likeness (QED) is 0.386. The van der Waals surface area contributed by atoms with E-state index in [1.54, 1.807) is 18.3 Å². The van der Waals surface area contributed by atoms with Crippen LogP contribution in [0.25, 0.3) is 10.8 Å². The van der Waals surface area contributed by atoms with E-state index in [0.717, 1.165) is 23.6 Å². The first-order chi connectivity index (χ1) is 11.7. The van der Waals surface area contributed by atoms with E-state index >= 15 is 0 Å². The molecule has 0 atom stereocenters. The fourth-order valence-electron chi connectivity index (χ4n) is 2.66. The first-order valence-electron chi connectivity index (χ1n) is 8.76. The average molecular weight is 326 g/mol. The van der Waals surface area contributed by atoms with Crippen molar-refractivity contribution in [3.05, 3.63) is 42.0 Å². The van der Waals surface area contributed by atoms with Crippen molar-refractivity contribution in [2.75, 3.05) is 0 Å². The minimum absolute atomic E-state index is 0.0303. The Kier molecular flexibility index (Phi) is 7.27.